The van der Waals surface area contributed by atoms with Crippen molar-refractivity contribution in [2.45, 2.75) is 32.2 Å². The molecule has 2 bridgehead atoms. The van der Waals surface area contributed by atoms with Crippen molar-refractivity contribution in [3.63, 3.8) is 0 Å². The first-order valence-electron chi connectivity index (χ1n) is 7.36. The Balaban J connectivity index is 1.63. The molecule has 0 spiro atoms. The Labute approximate surface area is 118 Å². The third kappa shape index (κ3) is 2.44. The maximum absolute atomic E-state index is 12.8. The smallest absolute Gasteiger partial charge is 0.227 e. The first kappa shape index (κ1) is 13.6. The van der Waals surface area contributed by atoms with E-state index >= 15 is 0 Å². The van der Waals surface area contributed by atoms with Gasteiger partial charge in [-0.25, -0.2) is 4.39 Å². The number of carbonyl (C=O) groups is 1. The highest BCUT2D eigenvalue weighted by atomic mass is 19.1. The van der Waals surface area contributed by atoms with Crippen LogP contribution in [-0.2, 0) is 4.79 Å². The lowest BCUT2D eigenvalue weighted by Gasteiger charge is -2.51. The summed E-state index contributed by atoms with van der Waals surface area (Å²) < 4.78 is 12.8. The van der Waals surface area contributed by atoms with Crippen LogP contribution in [-0.4, -0.2) is 11.9 Å². The summed E-state index contributed by atoms with van der Waals surface area (Å²) in [4.78, 5) is 12.3. The molecule has 0 heterocycles. The Morgan fingerprint density at radius 3 is 2.50 bits per heavy atom. The number of amides is 1. The van der Waals surface area contributed by atoms with E-state index < -0.39 is 0 Å². The van der Waals surface area contributed by atoms with E-state index in [9.17, 15) is 9.18 Å². The van der Waals surface area contributed by atoms with Crippen molar-refractivity contribution < 1.29 is 9.18 Å². The zero-order valence-corrected chi connectivity index (χ0v) is 11.7. The minimum absolute atomic E-state index is 0.0131. The van der Waals surface area contributed by atoms with E-state index in [4.69, 9.17) is 5.73 Å². The van der Waals surface area contributed by atoms with Crippen LogP contribution in [0.2, 0.25) is 0 Å². The molecule has 108 valence electrons. The van der Waals surface area contributed by atoms with Gasteiger partial charge < -0.3 is 11.1 Å². The summed E-state index contributed by atoms with van der Waals surface area (Å²) in [7, 11) is 0. The molecule has 0 aliphatic heterocycles. The van der Waals surface area contributed by atoms with Crippen molar-refractivity contribution in [3.8, 4) is 0 Å². The van der Waals surface area contributed by atoms with E-state index in [1.807, 2.05) is 6.92 Å². The molecule has 3 atom stereocenters. The van der Waals surface area contributed by atoms with Gasteiger partial charge in [-0.2, -0.15) is 0 Å². The monoisotopic (exact) mass is 276 g/mol. The van der Waals surface area contributed by atoms with Crippen molar-refractivity contribution in [1.82, 2.24) is 0 Å². The Bertz CT molecular complexity index is 496. The predicted octanol–water partition coefficient (Wildman–Crippen LogP) is 2.77. The van der Waals surface area contributed by atoms with E-state index in [2.05, 4.69) is 5.32 Å². The second-order valence-corrected chi connectivity index (χ2v) is 6.34. The Morgan fingerprint density at radius 2 is 1.90 bits per heavy atom. The van der Waals surface area contributed by atoms with Crippen LogP contribution >= 0.6 is 0 Å². The lowest BCUT2D eigenvalue weighted by atomic mass is 9.55. The van der Waals surface area contributed by atoms with Crippen molar-refractivity contribution >= 4 is 11.6 Å². The molecule has 3 aliphatic rings. The van der Waals surface area contributed by atoms with Crippen LogP contribution in [0.3, 0.4) is 0 Å². The van der Waals surface area contributed by atoms with Crippen molar-refractivity contribution in [3.05, 3.63) is 30.1 Å². The topological polar surface area (TPSA) is 55.1 Å². The molecule has 3 saturated carbocycles. The number of hydrogen-bond donors (Lipinski definition) is 2. The number of nitrogens with two attached hydrogens (primary N) is 1. The van der Waals surface area contributed by atoms with Gasteiger partial charge >= 0.3 is 0 Å². The van der Waals surface area contributed by atoms with Crippen LogP contribution < -0.4 is 11.1 Å². The molecule has 1 aromatic rings. The highest BCUT2D eigenvalue weighted by molar-refractivity contribution is 5.92. The van der Waals surface area contributed by atoms with Gasteiger partial charge in [0.2, 0.25) is 5.91 Å². The van der Waals surface area contributed by atoms with Gasteiger partial charge in [0.1, 0.15) is 5.82 Å². The van der Waals surface area contributed by atoms with Gasteiger partial charge in [-0.1, -0.05) is 6.92 Å². The molecular weight excluding hydrogens is 255 g/mol. The lowest BCUT2D eigenvalue weighted by Crippen LogP contribution is -2.52. The largest absolute Gasteiger partial charge is 0.327 e. The Kier molecular flexibility index (Phi) is 3.50. The van der Waals surface area contributed by atoms with Crippen LogP contribution in [0.4, 0.5) is 10.1 Å². The third-order valence-corrected chi connectivity index (χ3v) is 5.13. The molecule has 3 N–H and O–H groups in total. The minimum atomic E-state index is -0.296. The molecule has 3 fully saturated rings. The molecule has 0 radical (unpaired) electrons. The van der Waals surface area contributed by atoms with Crippen LogP contribution in [0.5, 0.6) is 0 Å². The summed E-state index contributed by atoms with van der Waals surface area (Å²) in [6.07, 6.45) is 3.31. The van der Waals surface area contributed by atoms with E-state index in [1.165, 1.54) is 25.0 Å². The standard InChI is InChI=1S/C16H21FN2O/c1-9(14-8-15(18)11-6-10(14)7-11)16(20)19-13-4-2-12(17)3-5-13/h2-5,9-11,14-15H,6-8,18H2,1H3,(H,19,20)/t9-,10?,11?,14+,15+/m1/s1. The number of hydrogen-bond acceptors (Lipinski definition) is 2. The molecule has 20 heavy (non-hydrogen) atoms. The summed E-state index contributed by atoms with van der Waals surface area (Å²) >= 11 is 0. The summed E-state index contributed by atoms with van der Waals surface area (Å²) in [5.41, 5.74) is 6.79. The molecule has 1 amide bonds. The molecule has 0 unspecified atom stereocenters. The molecule has 3 nitrogen and oxygen atoms in total. The van der Waals surface area contributed by atoms with Gasteiger partial charge in [-0.15, -0.1) is 0 Å². The summed E-state index contributed by atoms with van der Waals surface area (Å²) in [5.74, 6) is 1.40. The molecule has 4 heteroatoms. The first-order chi connectivity index (χ1) is 9.54. The fourth-order valence-electron chi connectivity index (χ4n) is 3.70. The summed E-state index contributed by atoms with van der Waals surface area (Å²) in [6, 6.07) is 6.14. The third-order valence-electron chi connectivity index (χ3n) is 5.13. The Morgan fingerprint density at radius 1 is 1.25 bits per heavy atom. The SMILES string of the molecule is C[C@@H](C(=O)Nc1ccc(F)cc1)[C@@H]1C[C@H](N)C2CC1C2. The quantitative estimate of drug-likeness (QED) is 0.892. The second kappa shape index (κ2) is 5.17. The van der Waals surface area contributed by atoms with Crippen LogP contribution in [0, 0.1) is 29.5 Å². The van der Waals surface area contributed by atoms with Crippen LogP contribution in [0.1, 0.15) is 26.2 Å². The predicted molar refractivity (Wildman–Crippen MR) is 76.5 cm³/mol. The Hall–Kier alpha value is -1.42. The fraction of sp³-hybridized carbons (Fsp3) is 0.562. The molecule has 0 aromatic heterocycles. The van der Waals surface area contributed by atoms with Gasteiger partial charge in [0.15, 0.2) is 0 Å². The van der Waals surface area contributed by atoms with E-state index in [0.717, 1.165) is 6.42 Å². The average molecular weight is 276 g/mol. The molecule has 3 aliphatic carbocycles. The van der Waals surface area contributed by atoms with Gasteiger partial charge in [0.25, 0.3) is 0 Å². The molecule has 4 rings (SSSR count). The van der Waals surface area contributed by atoms with E-state index in [1.54, 1.807) is 12.1 Å². The number of benzene rings is 1. The van der Waals surface area contributed by atoms with Gasteiger partial charge in [0.05, 0.1) is 0 Å². The number of anilines is 1. The van der Waals surface area contributed by atoms with Gasteiger partial charge in [-0.05, 0) is 61.3 Å². The normalized spacial score (nSPS) is 33.1. The molecule has 0 saturated heterocycles. The maximum atomic E-state index is 12.8. The van der Waals surface area contributed by atoms with Crippen molar-refractivity contribution in [2.24, 2.45) is 29.4 Å². The number of fused-ring (bicyclic) bond motifs is 2. The zero-order valence-electron chi connectivity index (χ0n) is 11.7. The van der Waals surface area contributed by atoms with E-state index in [0.29, 0.717) is 23.4 Å². The second-order valence-electron chi connectivity index (χ2n) is 6.34. The highest BCUT2D eigenvalue weighted by Crippen LogP contribution is 2.50. The van der Waals surface area contributed by atoms with Gasteiger partial charge in [-0.3, -0.25) is 4.79 Å². The number of halogens is 1. The van der Waals surface area contributed by atoms with Crippen molar-refractivity contribution in [1.29, 1.82) is 0 Å². The van der Waals surface area contributed by atoms with Gasteiger partial charge in [0, 0.05) is 17.6 Å². The van der Waals surface area contributed by atoms with Crippen LogP contribution in [0.15, 0.2) is 24.3 Å². The zero-order chi connectivity index (χ0) is 14.3. The highest BCUT2D eigenvalue weighted by Gasteiger charge is 2.47. The lowest BCUT2D eigenvalue weighted by molar-refractivity contribution is -0.124. The maximum Gasteiger partial charge on any atom is 0.227 e. The fourth-order valence-corrected chi connectivity index (χ4v) is 3.70. The minimum Gasteiger partial charge on any atom is -0.327 e. The number of carbonyl (C=O) groups excluding carboxylic acids is 1. The molecular formula is C16H21FN2O. The number of rotatable bonds is 3. The average Bonchev–Trinajstić information content (AvgIpc) is 2.38. The van der Waals surface area contributed by atoms with E-state index in [-0.39, 0.29) is 23.7 Å². The summed E-state index contributed by atoms with van der Waals surface area (Å²) in [5, 5.41) is 2.87. The number of nitrogens with one attached hydrogen (secondary N) is 1. The van der Waals surface area contributed by atoms with Crippen molar-refractivity contribution in [2.75, 3.05) is 5.32 Å². The molecule has 1 aromatic carbocycles. The first-order valence-corrected chi connectivity index (χ1v) is 7.36. The van der Waals surface area contributed by atoms with Crippen LogP contribution in [0.25, 0.3) is 0 Å². The summed E-state index contributed by atoms with van der Waals surface area (Å²) in [6.45, 7) is 1.98.